The summed E-state index contributed by atoms with van der Waals surface area (Å²) in [4.78, 5) is 13.8. The first-order valence-electron chi connectivity index (χ1n) is 4.78. The van der Waals surface area contributed by atoms with Crippen molar-refractivity contribution in [1.29, 1.82) is 0 Å². The van der Waals surface area contributed by atoms with Crippen molar-refractivity contribution >= 4 is 28.8 Å². The number of nitrogens with zero attached hydrogens (tertiary/aromatic N) is 3. The van der Waals surface area contributed by atoms with Crippen molar-refractivity contribution in [3.05, 3.63) is 18.0 Å². The maximum Gasteiger partial charge on any atom is 0.274 e. The largest absolute Gasteiger partial charge is 0.337 e. The molecule has 14 heavy (non-hydrogen) atoms. The van der Waals surface area contributed by atoms with E-state index in [4.69, 9.17) is 0 Å². The Morgan fingerprint density at radius 3 is 2.64 bits per heavy atom. The van der Waals surface area contributed by atoms with Crippen LogP contribution in [0.15, 0.2) is 12.3 Å². The van der Waals surface area contributed by atoms with Gasteiger partial charge in [0, 0.05) is 19.3 Å². The summed E-state index contributed by atoms with van der Waals surface area (Å²) in [6.07, 6.45) is 5.27. The van der Waals surface area contributed by atoms with Crippen molar-refractivity contribution in [2.75, 3.05) is 13.1 Å². The first-order valence-corrected chi connectivity index (χ1v) is 5.75. The number of carbonyl (C=O) groups excluding carboxylic acids is 1. The maximum absolute atomic E-state index is 11.9. The van der Waals surface area contributed by atoms with E-state index in [9.17, 15) is 4.79 Å². The Kier molecular flexibility index (Phi) is 3.05. The van der Waals surface area contributed by atoms with Crippen LogP contribution in [0.5, 0.6) is 0 Å². The summed E-state index contributed by atoms with van der Waals surface area (Å²) in [5.41, 5.74) is 0.557. The van der Waals surface area contributed by atoms with E-state index in [1.165, 1.54) is 6.42 Å². The molecule has 2 heterocycles. The van der Waals surface area contributed by atoms with Gasteiger partial charge in [0.05, 0.1) is 22.9 Å². The van der Waals surface area contributed by atoms with Crippen molar-refractivity contribution in [2.45, 2.75) is 19.3 Å². The molecule has 0 saturated carbocycles. The molecule has 1 amide bonds. The quantitative estimate of drug-likeness (QED) is 0.741. The van der Waals surface area contributed by atoms with Crippen molar-refractivity contribution in [3.8, 4) is 0 Å². The zero-order chi connectivity index (χ0) is 9.97. The predicted molar refractivity (Wildman–Crippen MR) is 61.4 cm³/mol. The van der Waals surface area contributed by atoms with Crippen LogP contribution in [0.4, 0.5) is 0 Å². The van der Waals surface area contributed by atoms with Gasteiger partial charge in [-0.05, 0) is 25.3 Å². The van der Waals surface area contributed by atoms with E-state index in [1.54, 1.807) is 15.2 Å². The summed E-state index contributed by atoms with van der Waals surface area (Å²) >= 11 is 2.04. The van der Waals surface area contributed by atoms with Crippen molar-refractivity contribution in [3.63, 3.8) is 0 Å². The van der Waals surface area contributed by atoms with Crippen molar-refractivity contribution < 1.29 is 4.79 Å². The van der Waals surface area contributed by atoms with Gasteiger partial charge in [-0.2, -0.15) is 5.10 Å². The van der Waals surface area contributed by atoms with Crippen LogP contribution >= 0.6 is 22.9 Å². The molecule has 2 rings (SSSR count). The Bertz CT molecular complexity index is 331. The van der Waals surface area contributed by atoms with Crippen LogP contribution < -0.4 is 0 Å². The van der Waals surface area contributed by atoms with Crippen LogP contribution in [0.2, 0.25) is 0 Å². The van der Waals surface area contributed by atoms with E-state index >= 15 is 0 Å². The molecule has 0 unspecified atom stereocenters. The minimum Gasteiger partial charge on any atom is -0.337 e. The number of hydrogen-bond donors (Lipinski definition) is 0. The molecular formula is C9H12IN3O. The van der Waals surface area contributed by atoms with Gasteiger partial charge in [-0.1, -0.05) is 0 Å². The number of hydrogen-bond acceptors (Lipinski definition) is 2. The Morgan fingerprint density at radius 2 is 2.07 bits per heavy atom. The third-order valence-electron chi connectivity index (χ3n) is 2.42. The maximum atomic E-state index is 11.9. The second-order valence-corrected chi connectivity index (χ2v) is 4.43. The number of rotatable bonds is 1. The van der Waals surface area contributed by atoms with Gasteiger partial charge in [0.2, 0.25) is 0 Å². The number of halogens is 1. The summed E-state index contributed by atoms with van der Waals surface area (Å²) in [7, 11) is 0. The van der Waals surface area contributed by atoms with Gasteiger partial charge in [0.15, 0.2) is 5.69 Å². The number of aromatic nitrogens is 2. The van der Waals surface area contributed by atoms with Crippen LogP contribution in [0, 0.1) is 0 Å². The summed E-state index contributed by atoms with van der Waals surface area (Å²) in [6, 6.07) is 1.77. The fourth-order valence-corrected chi connectivity index (χ4v) is 2.07. The second-order valence-electron chi connectivity index (χ2n) is 3.44. The van der Waals surface area contributed by atoms with Crippen LogP contribution in [-0.4, -0.2) is 31.9 Å². The van der Waals surface area contributed by atoms with E-state index in [2.05, 4.69) is 5.10 Å². The Hall–Kier alpha value is -0.590. The SMILES string of the molecule is O=C(c1ccn(I)n1)N1CCCCC1. The third kappa shape index (κ3) is 2.08. The van der Waals surface area contributed by atoms with Crippen molar-refractivity contribution in [1.82, 2.24) is 12.9 Å². The molecule has 5 heteroatoms. The van der Waals surface area contributed by atoms with E-state index in [-0.39, 0.29) is 5.91 Å². The lowest BCUT2D eigenvalue weighted by Gasteiger charge is -2.25. The molecule has 1 aromatic rings. The highest BCUT2D eigenvalue weighted by Crippen LogP contribution is 2.12. The zero-order valence-electron chi connectivity index (χ0n) is 7.82. The molecule has 1 saturated heterocycles. The monoisotopic (exact) mass is 305 g/mol. The summed E-state index contributed by atoms with van der Waals surface area (Å²) < 4.78 is 1.63. The standard InChI is InChI=1S/C9H12IN3O/c10-13-7-4-8(11-13)9(14)12-5-2-1-3-6-12/h4,7H,1-3,5-6H2. The minimum absolute atomic E-state index is 0.0696. The smallest absolute Gasteiger partial charge is 0.274 e. The van der Waals surface area contributed by atoms with E-state index in [1.807, 2.05) is 27.8 Å². The van der Waals surface area contributed by atoms with Crippen LogP contribution in [0.3, 0.4) is 0 Å². The zero-order valence-corrected chi connectivity index (χ0v) is 9.98. The lowest BCUT2D eigenvalue weighted by molar-refractivity contribution is 0.0718. The molecule has 1 aliphatic heterocycles. The molecule has 1 fully saturated rings. The molecule has 0 aliphatic carbocycles. The fraction of sp³-hybridized carbons (Fsp3) is 0.556. The van der Waals surface area contributed by atoms with E-state index in [0.29, 0.717) is 5.69 Å². The molecule has 0 spiro atoms. The summed E-state index contributed by atoms with van der Waals surface area (Å²) in [6.45, 7) is 1.76. The Morgan fingerprint density at radius 1 is 1.36 bits per heavy atom. The highest BCUT2D eigenvalue weighted by Gasteiger charge is 2.19. The highest BCUT2D eigenvalue weighted by atomic mass is 127. The molecule has 0 radical (unpaired) electrons. The van der Waals surface area contributed by atoms with Crippen LogP contribution in [0.25, 0.3) is 0 Å². The molecule has 0 aromatic carbocycles. The van der Waals surface area contributed by atoms with Gasteiger partial charge < -0.3 is 4.90 Å². The van der Waals surface area contributed by atoms with Crippen molar-refractivity contribution in [2.24, 2.45) is 0 Å². The average Bonchev–Trinajstić information content (AvgIpc) is 2.65. The molecular weight excluding hydrogens is 293 g/mol. The molecule has 76 valence electrons. The third-order valence-corrected chi connectivity index (χ3v) is 2.96. The Labute approximate surface area is 96.8 Å². The molecule has 0 N–H and O–H groups in total. The van der Waals surface area contributed by atoms with Crippen LogP contribution in [-0.2, 0) is 0 Å². The molecule has 4 nitrogen and oxygen atoms in total. The van der Waals surface area contributed by atoms with Gasteiger partial charge in [-0.15, -0.1) is 0 Å². The first-order chi connectivity index (χ1) is 6.77. The number of amides is 1. The molecule has 0 atom stereocenters. The van der Waals surface area contributed by atoms with E-state index in [0.717, 1.165) is 25.9 Å². The Balaban J connectivity index is 2.07. The fourth-order valence-electron chi connectivity index (χ4n) is 1.67. The topological polar surface area (TPSA) is 38.1 Å². The normalized spacial score (nSPS) is 17.1. The molecule has 1 aromatic heterocycles. The van der Waals surface area contributed by atoms with E-state index < -0.39 is 0 Å². The number of likely N-dealkylation sites (tertiary alicyclic amines) is 1. The predicted octanol–water partition coefficient (Wildman–Crippen LogP) is 1.71. The summed E-state index contributed by atoms with van der Waals surface area (Å²) in [5.74, 6) is 0.0696. The molecule has 1 aliphatic rings. The van der Waals surface area contributed by atoms with Gasteiger partial charge in [0.25, 0.3) is 5.91 Å². The minimum atomic E-state index is 0.0696. The van der Waals surface area contributed by atoms with Gasteiger partial charge in [0.1, 0.15) is 0 Å². The highest BCUT2D eigenvalue weighted by molar-refractivity contribution is 14.1. The lowest BCUT2D eigenvalue weighted by atomic mass is 10.1. The number of carbonyl (C=O) groups is 1. The number of piperidine rings is 1. The average molecular weight is 305 g/mol. The first kappa shape index (κ1) is 9.95. The lowest BCUT2D eigenvalue weighted by Crippen LogP contribution is -2.35. The van der Waals surface area contributed by atoms with Gasteiger partial charge >= 0.3 is 0 Å². The van der Waals surface area contributed by atoms with Gasteiger partial charge in [-0.3, -0.25) is 4.79 Å². The summed E-state index contributed by atoms with van der Waals surface area (Å²) in [5, 5.41) is 4.10. The van der Waals surface area contributed by atoms with Gasteiger partial charge in [-0.25, -0.2) is 2.90 Å². The van der Waals surface area contributed by atoms with Crippen LogP contribution in [0.1, 0.15) is 29.8 Å². The molecule has 0 bridgehead atoms. The second kappa shape index (κ2) is 4.29.